The summed E-state index contributed by atoms with van der Waals surface area (Å²) in [4.78, 5) is 7.98. The van der Waals surface area contributed by atoms with Crippen LogP contribution >= 0.6 is 11.8 Å². The van der Waals surface area contributed by atoms with Crippen molar-refractivity contribution in [3.8, 4) is 11.4 Å². The van der Waals surface area contributed by atoms with Gasteiger partial charge in [0.2, 0.25) is 0 Å². The quantitative estimate of drug-likeness (QED) is 0.0464. The van der Waals surface area contributed by atoms with E-state index in [1.54, 1.807) is 0 Å². The Bertz CT molecular complexity index is 1580. The number of halogens is 4. The Morgan fingerprint density at radius 1 is 0.915 bits per heavy atom. The van der Waals surface area contributed by atoms with Gasteiger partial charge in [0.05, 0.1) is 31.3 Å². The van der Waals surface area contributed by atoms with Crippen molar-refractivity contribution in [1.82, 2.24) is 20.0 Å². The highest BCUT2D eigenvalue weighted by molar-refractivity contribution is 8.00. The lowest BCUT2D eigenvalue weighted by Gasteiger charge is -2.45. The topological polar surface area (TPSA) is 234 Å². The minimum Gasteiger partial charge on any atom is -0.394 e. The number of aliphatic imine (C=N–C) groups is 1. The molecule has 254 valence electrons. The molecule has 1 aromatic carbocycles. The van der Waals surface area contributed by atoms with Crippen molar-refractivity contribution in [2.75, 3.05) is 13.2 Å². The molecule has 2 aromatic heterocycles. The summed E-state index contributed by atoms with van der Waals surface area (Å²) in [7, 11) is 0. The average Bonchev–Trinajstić information content (AvgIpc) is 3.54. The number of aliphatic hydroxyl groups is 6. The van der Waals surface area contributed by atoms with Crippen LogP contribution in [0.1, 0.15) is 11.6 Å². The fraction of sp³-hybridized carbons (Fsp3) is 0.444. The normalized spacial score (nSPS) is 31.8. The molecular formula is C27H29F4N7O8S. The third-order valence-corrected chi connectivity index (χ3v) is 8.87. The van der Waals surface area contributed by atoms with Crippen LogP contribution in [0.3, 0.4) is 0 Å². The summed E-state index contributed by atoms with van der Waals surface area (Å²) in [6, 6.07) is 0.988. The van der Waals surface area contributed by atoms with E-state index >= 15 is 0 Å². The van der Waals surface area contributed by atoms with E-state index in [1.165, 1.54) is 12.3 Å². The number of hydrogen-bond donors (Lipinski definition) is 7. The van der Waals surface area contributed by atoms with Gasteiger partial charge in [0.25, 0.3) is 0 Å². The number of aromatic nitrogens is 4. The Balaban J connectivity index is 1.37. The molecule has 0 aliphatic carbocycles. The molecule has 5 unspecified atom stereocenters. The van der Waals surface area contributed by atoms with Crippen molar-refractivity contribution in [2.45, 2.75) is 59.6 Å². The molecule has 0 saturated carbocycles. The minimum atomic E-state index is -1.72. The zero-order chi connectivity index (χ0) is 34.0. The SMILES string of the molecule is NN=C(C=NC1C(O)[C@H](S[C@@H]2O[C@H](CO)C(O)C(n3cc(-c4ccc(F)cn4)nn3)[C@H]2O)OC(CO)[C@@H]1O)c1cc(F)c(F)c(F)c1. The summed E-state index contributed by atoms with van der Waals surface area (Å²) < 4.78 is 66.8. The van der Waals surface area contributed by atoms with Crippen LogP contribution in [0, 0.1) is 23.3 Å². The van der Waals surface area contributed by atoms with Crippen LogP contribution in [-0.2, 0) is 9.47 Å². The number of rotatable bonds is 9. The predicted octanol–water partition coefficient (Wildman–Crippen LogP) is -1.15. The first-order valence-electron chi connectivity index (χ1n) is 13.9. The van der Waals surface area contributed by atoms with E-state index in [9.17, 15) is 48.2 Å². The summed E-state index contributed by atoms with van der Waals surface area (Å²) in [6.07, 6.45) is -5.85. The van der Waals surface area contributed by atoms with Crippen molar-refractivity contribution >= 4 is 23.7 Å². The Morgan fingerprint density at radius 2 is 1.55 bits per heavy atom. The Hall–Kier alpha value is -3.60. The van der Waals surface area contributed by atoms with Gasteiger partial charge in [0, 0.05) is 11.8 Å². The highest BCUT2D eigenvalue weighted by Crippen LogP contribution is 2.40. The van der Waals surface area contributed by atoms with Crippen LogP contribution in [0.15, 0.2) is 46.8 Å². The van der Waals surface area contributed by atoms with E-state index in [0.717, 1.165) is 23.2 Å². The maximum absolute atomic E-state index is 13.8. The molecule has 4 heterocycles. The van der Waals surface area contributed by atoms with E-state index in [4.69, 9.17) is 15.3 Å². The smallest absolute Gasteiger partial charge is 0.194 e. The molecule has 47 heavy (non-hydrogen) atoms. The maximum Gasteiger partial charge on any atom is 0.194 e. The van der Waals surface area contributed by atoms with Crippen molar-refractivity contribution in [1.29, 1.82) is 0 Å². The summed E-state index contributed by atoms with van der Waals surface area (Å²) in [5.74, 6) is -0.0146. The second-order valence-corrected chi connectivity index (χ2v) is 11.7. The fourth-order valence-electron chi connectivity index (χ4n) is 5.09. The van der Waals surface area contributed by atoms with Gasteiger partial charge < -0.3 is 46.0 Å². The maximum atomic E-state index is 13.8. The zero-order valence-electron chi connectivity index (χ0n) is 23.9. The first-order chi connectivity index (χ1) is 22.5. The number of pyridine rings is 1. The molecule has 0 amide bonds. The van der Waals surface area contributed by atoms with Gasteiger partial charge in [-0.25, -0.2) is 22.2 Å². The number of nitrogens with zero attached hydrogens (tertiary/aromatic N) is 6. The second-order valence-electron chi connectivity index (χ2n) is 10.5. The van der Waals surface area contributed by atoms with Crippen LogP contribution in [0.4, 0.5) is 17.6 Å². The Morgan fingerprint density at radius 3 is 2.15 bits per heavy atom. The minimum absolute atomic E-state index is 0.179. The van der Waals surface area contributed by atoms with Gasteiger partial charge in [-0.3, -0.25) is 9.98 Å². The predicted molar refractivity (Wildman–Crippen MR) is 155 cm³/mol. The summed E-state index contributed by atoms with van der Waals surface area (Å²) >= 11 is 0.675. The van der Waals surface area contributed by atoms with E-state index < -0.39 is 96.1 Å². The number of benzene rings is 1. The first kappa shape index (κ1) is 34.7. The average molecular weight is 688 g/mol. The summed E-state index contributed by atoms with van der Waals surface area (Å²) in [5.41, 5.74) is -2.94. The molecule has 15 nitrogen and oxygen atoms in total. The second kappa shape index (κ2) is 14.7. The Kier molecular flexibility index (Phi) is 10.8. The van der Waals surface area contributed by atoms with E-state index in [2.05, 4.69) is 25.4 Å². The lowest BCUT2D eigenvalue weighted by Crippen LogP contribution is -2.59. The van der Waals surface area contributed by atoms with Crippen molar-refractivity contribution in [3.63, 3.8) is 0 Å². The van der Waals surface area contributed by atoms with Crippen molar-refractivity contribution in [2.24, 2.45) is 15.9 Å². The summed E-state index contributed by atoms with van der Waals surface area (Å²) in [6.45, 7) is -1.45. The third kappa shape index (κ3) is 7.15. The monoisotopic (exact) mass is 687 g/mol. The van der Waals surface area contributed by atoms with Gasteiger partial charge in [0.1, 0.15) is 76.8 Å². The van der Waals surface area contributed by atoms with Crippen LogP contribution in [0.25, 0.3) is 11.4 Å². The van der Waals surface area contributed by atoms with Crippen LogP contribution in [-0.4, -0.2) is 129 Å². The molecule has 2 aliphatic heterocycles. The molecule has 2 aliphatic rings. The van der Waals surface area contributed by atoms with Gasteiger partial charge in [-0.05, 0) is 24.3 Å². The van der Waals surface area contributed by atoms with Crippen molar-refractivity contribution in [3.05, 3.63) is 65.5 Å². The Labute approximate surface area is 267 Å². The lowest BCUT2D eigenvalue weighted by atomic mass is 9.97. The largest absolute Gasteiger partial charge is 0.394 e. The van der Waals surface area contributed by atoms with Crippen molar-refractivity contribution < 1.29 is 57.7 Å². The van der Waals surface area contributed by atoms with E-state index in [0.29, 0.717) is 23.9 Å². The van der Waals surface area contributed by atoms with Crippen LogP contribution in [0.2, 0.25) is 0 Å². The molecule has 20 heteroatoms. The lowest BCUT2D eigenvalue weighted by molar-refractivity contribution is -0.183. The van der Waals surface area contributed by atoms with Gasteiger partial charge in [-0.15, -0.1) is 5.10 Å². The number of thioether (sulfide) groups is 1. The number of ether oxygens (including phenoxy) is 2. The number of nitrogens with two attached hydrogens (primary N) is 1. The molecule has 8 N–H and O–H groups in total. The molecule has 0 radical (unpaired) electrons. The highest BCUT2D eigenvalue weighted by Gasteiger charge is 2.51. The molecular weight excluding hydrogens is 658 g/mol. The van der Waals surface area contributed by atoms with E-state index in [1.807, 2.05) is 0 Å². The molecule has 2 saturated heterocycles. The fourth-order valence-corrected chi connectivity index (χ4v) is 6.41. The highest BCUT2D eigenvalue weighted by atomic mass is 32.2. The standard InChI is InChI=1S/C27H29F4N7O8S/c28-11-1-2-14(33-5-11)16-7-38(37-36-16)21-23(42)18(9-40)46-27(25(21)44)47-26-24(43)20(22(41)17(8-39)45-26)34-6-15(35-32)10-3-12(29)19(31)13(30)4-10/h1-7,17-18,20-27,39-44H,8-9,32H2/t17?,18-,20?,21?,22+,23?,24?,25-,26+,27+/m1/s1. The zero-order valence-corrected chi connectivity index (χ0v) is 24.7. The molecule has 0 bridgehead atoms. The summed E-state index contributed by atoms with van der Waals surface area (Å²) in [5, 5.41) is 75.3. The molecule has 5 rings (SSSR count). The molecule has 3 aromatic rings. The number of aliphatic hydroxyl groups excluding tert-OH is 6. The van der Waals surface area contributed by atoms with Crippen LogP contribution in [0.5, 0.6) is 0 Å². The van der Waals surface area contributed by atoms with Gasteiger partial charge in [0.15, 0.2) is 17.5 Å². The number of hydrazone groups is 1. The van der Waals surface area contributed by atoms with Gasteiger partial charge in [-0.1, -0.05) is 17.0 Å². The van der Waals surface area contributed by atoms with E-state index in [-0.39, 0.29) is 22.7 Å². The first-order valence-corrected chi connectivity index (χ1v) is 14.8. The number of hydrogen-bond acceptors (Lipinski definition) is 15. The molecule has 2 fully saturated rings. The van der Waals surface area contributed by atoms with Gasteiger partial charge >= 0.3 is 0 Å². The third-order valence-electron chi connectivity index (χ3n) is 7.56. The molecule has 10 atom stereocenters. The molecule has 0 spiro atoms. The van der Waals surface area contributed by atoms with Crippen LogP contribution < -0.4 is 5.84 Å². The van der Waals surface area contributed by atoms with Gasteiger partial charge in [-0.2, -0.15) is 5.10 Å².